The van der Waals surface area contributed by atoms with Crippen LogP contribution in [0.5, 0.6) is 5.75 Å². The van der Waals surface area contributed by atoms with Crippen molar-refractivity contribution in [2.75, 3.05) is 18.4 Å². The van der Waals surface area contributed by atoms with Crippen LogP contribution in [0.3, 0.4) is 0 Å². The van der Waals surface area contributed by atoms with E-state index in [-0.39, 0.29) is 11.8 Å². The van der Waals surface area contributed by atoms with Crippen molar-refractivity contribution < 1.29 is 15.0 Å². The van der Waals surface area contributed by atoms with Gasteiger partial charge in [-0.15, -0.1) is 0 Å². The lowest BCUT2D eigenvalue weighted by molar-refractivity contribution is -0.141. The molecule has 0 amide bonds. The lowest BCUT2D eigenvalue weighted by Gasteiger charge is -2.19. The molecule has 0 saturated carbocycles. The third-order valence-electron chi connectivity index (χ3n) is 4.66. The lowest BCUT2D eigenvalue weighted by Crippen LogP contribution is -2.33. The van der Waals surface area contributed by atoms with Gasteiger partial charge >= 0.3 is 5.97 Å². The Hall–Kier alpha value is -2.90. The van der Waals surface area contributed by atoms with E-state index in [1.165, 1.54) is 6.07 Å². The smallest absolute Gasteiger partial charge is 0.309 e. The highest BCUT2D eigenvalue weighted by Gasteiger charge is 2.33. The number of aromatic hydroxyl groups is 1. The van der Waals surface area contributed by atoms with E-state index in [1.807, 2.05) is 24.3 Å². The fraction of sp³-hybridized carbons (Fsp3) is 0.211. The number of hydrogen-bond donors (Lipinski definition) is 4. The number of phenolic OH excluding ortho intramolecular Hbond substituents is 1. The molecule has 1 aromatic heterocycles. The van der Waals surface area contributed by atoms with Crippen LogP contribution in [0.4, 0.5) is 5.82 Å². The van der Waals surface area contributed by atoms with Gasteiger partial charge in [0, 0.05) is 23.5 Å². The molecular weight excluding hydrogens is 368 g/mol. The topological polar surface area (TPSA) is 107 Å². The summed E-state index contributed by atoms with van der Waals surface area (Å²) in [6, 6.07) is 11.8. The summed E-state index contributed by atoms with van der Waals surface area (Å²) in [7, 11) is 0. The van der Waals surface area contributed by atoms with E-state index in [1.54, 1.807) is 12.1 Å². The van der Waals surface area contributed by atoms with Crippen molar-refractivity contribution >= 4 is 34.3 Å². The molecule has 8 heteroatoms. The Balaban J connectivity index is 1.82. The van der Waals surface area contributed by atoms with Crippen molar-refractivity contribution in [3.8, 4) is 17.1 Å². The molecule has 1 aliphatic heterocycles. The number of hydrogen-bond acceptors (Lipinski definition) is 6. The number of carbonyl (C=O) groups is 1. The highest BCUT2D eigenvalue weighted by Crippen LogP contribution is 2.32. The van der Waals surface area contributed by atoms with Crippen molar-refractivity contribution in [1.29, 1.82) is 0 Å². The van der Waals surface area contributed by atoms with Crippen LogP contribution in [0.15, 0.2) is 42.5 Å². The fourth-order valence-corrected chi connectivity index (χ4v) is 3.43. The molecule has 3 aromatic rings. The number of carboxylic acids is 1. The molecule has 2 heterocycles. The highest BCUT2D eigenvalue weighted by molar-refractivity contribution is 6.30. The summed E-state index contributed by atoms with van der Waals surface area (Å²) in [5.41, 5.74) is 1.10. The Kier molecular flexibility index (Phi) is 4.55. The normalized spacial score (nSPS) is 19.3. The molecule has 27 heavy (non-hydrogen) atoms. The minimum absolute atomic E-state index is 0.0200. The van der Waals surface area contributed by atoms with E-state index in [9.17, 15) is 15.0 Å². The molecule has 2 unspecified atom stereocenters. The van der Waals surface area contributed by atoms with Crippen LogP contribution < -0.4 is 10.6 Å². The lowest BCUT2D eigenvalue weighted by atomic mass is 10.0. The molecule has 2 atom stereocenters. The maximum atomic E-state index is 11.5. The number of aliphatic carboxylic acids is 1. The van der Waals surface area contributed by atoms with E-state index in [2.05, 4.69) is 20.6 Å². The first kappa shape index (κ1) is 17.5. The maximum Gasteiger partial charge on any atom is 0.309 e. The average molecular weight is 385 g/mol. The van der Waals surface area contributed by atoms with Crippen molar-refractivity contribution in [3.05, 3.63) is 47.5 Å². The molecule has 1 aliphatic rings. The number of para-hydroxylation sites is 1. The van der Waals surface area contributed by atoms with Gasteiger partial charge < -0.3 is 20.8 Å². The van der Waals surface area contributed by atoms with Crippen LogP contribution in [0, 0.1) is 5.92 Å². The minimum Gasteiger partial charge on any atom is -0.507 e. The van der Waals surface area contributed by atoms with Crippen LogP contribution in [0.25, 0.3) is 22.3 Å². The second-order valence-corrected chi connectivity index (χ2v) is 6.86. The number of benzene rings is 2. The summed E-state index contributed by atoms with van der Waals surface area (Å²) in [5.74, 6) is -0.555. The van der Waals surface area contributed by atoms with Crippen LogP contribution in [0.1, 0.15) is 0 Å². The number of anilines is 1. The van der Waals surface area contributed by atoms with Crippen molar-refractivity contribution in [2.45, 2.75) is 6.04 Å². The van der Waals surface area contributed by atoms with Crippen molar-refractivity contribution in [2.24, 2.45) is 5.92 Å². The SMILES string of the molecule is O=C(O)C1CNCC1Nc1nc(-c2cc(Cl)ccc2O)nc2ccccc12. The molecule has 0 aliphatic carbocycles. The Bertz CT molecular complexity index is 1030. The van der Waals surface area contributed by atoms with Gasteiger partial charge in [-0.25, -0.2) is 9.97 Å². The zero-order valence-corrected chi connectivity index (χ0v) is 14.9. The average Bonchev–Trinajstić information content (AvgIpc) is 3.12. The summed E-state index contributed by atoms with van der Waals surface area (Å²) in [6.07, 6.45) is 0. The van der Waals surface area contributed by atoms with Gasteiger partial charge in [0.25, 0.3) is 0 Å². The molecule has 0 bridgehead atoms. The summed E-state index contributed by atoms with van der Waals surface area (Å²) in [4.78, 5) is 20.6. The Morgan fingerprint density at radius 3 is 2.81 bits per heavy atom. The van der Waals surface area contributed by atoms with Crippen LogP contribution in [-0.4, -0.2) is 45.3 Å². The summed E-state index contributed by atoms with van der Waals surface area (Å²) in [5, 5.41) is 27.2. The van der Waals surface area contributed by atoms with E-state index in [4.69, 9.17) is 11.6 Å². The third-order valence-corrected chi connectivity index (χ3v) is 4.89. The molecule has 7 nitrogen and oxygen atoms in total. The molecule has 0 spiro atoms. The Morgan fingerprint density at radius 1 is 1.19 bits per heavy atom. The Morgan fingerprint density at radius 2 is 2.00 bits per heavy atom. The van der Waals surface area contributed by atoms with Gasteiger partial charge in [0.2, 0.25) is 0 Å². The van der Waals surface area contributed by atoms with Crippen LogP contribution in [0.2, 0.25) is 5.02 Å². The maximum absolute atomic E-state index is 11.5. The van der Waals surface area contributed by atoms with Gasteiger partial charge in [-0.1, -0.05) is 23.7 Å². The zero-order chi connectivity index (χ0) is 19.0. The largest absolute Gasteiger partial charge is 0.507 e. The van der Waals surface area contributed by atoms with Gasteiger partial charge in [0.15, 0.2) is 5.82 Å². The number of halogens is 1. The summed E-state index contributed by atoms with van der Waals surface area (Å²) >= 11 is 6.06. The molecule has 1 saturated heterocycles. The molecule has 1 fully saturated rings. The Labute approximate surface area is 160 Å². The third kappa shape index (κ3) is 3.39. The van der Waals surface area contributed by atoms with Crippen molar-refractivity contribution in [1.82, 2.24) is 15.3 Å². The molecular formula is C19H17ClN4O3. The molecule has 138 valence electrons. The van der Waals surface area contributed by atoms with E-state index in [0.29, 0.717) is 40.8 Å². The number of nitrogens with zero attached hydrogens (tertiary/aromatic N) is 2. The number of aromatic nitrogens is 2. The van der Waals surface area contributed by atoms with Crippen LogP contribution in [-0.2, 0) is 4.79 Å². The first-order chi connectivity index (χ1) is 13.0. The fourth-order valence-electron chi connectivity index (χ4n) is 3.26. The van der Waals surface area contributed by atoms with E-state index < -0.39 is 11.9 Å². The quantitative estimate of drug-likeness (QED) is 0.547. The molecule has 4 rings (SSSR count). The minimum atomic E-state index is -0.858. The van der Waals surface area contributed by atoms with Gasteiger partial charge in [-0.3, -0.25) is 4.79 Å². The predicted molar refractivity (Wildman–Crippen MR) is 103 cm³/mol. The van der Waals surface area contributed by atoms with Crippen LogP contribution >= 0.6 is 11.6 Å². The predicted octanol–water partition coefficient (Wildman–Crippen LogP) is 2.74. The first-order valence-corrected chi connectivity index (χ1v) is 8.86. The van der Waals surface area contributed by atoms with Gasteiger partial charge in [0.1, 0.15) is 11.6 Å². The molecule has 0 radical (unpaired) electrons. The van der Waals surface area contributed by atoms with Gasteiger partial charge in [-0.2, -0.15) is 0 Å². The number of nitrogens with one attached hydrogen (secondary N) is 2. The number of rotatable bonds is 4. The second kappa shape index (κ2) is 7.02. The van der Waals surface area contributed by atoms with E-state index >= 15 is 0 Å². The zero-order valence-electron chi connectivity index (χ0n) is 14.2. The number of carboxylic acid groups (broad SMARTS) is 1. The summed E-state index contributed by atoms with van der Waals surface area (Å²) in [6.45, 7) is 0.922. The molecule has 4 N–H and O–H groups in total. The first-order valence-electron chi connectivity index (χ1n) is 8.48. The van der Waals surface area contributed by atoms with E-state index in [0.717, 1.165) is 5.39 Å². The second-order valence-electron chi connectivity index (χ2n) is 6.43. The van der Waals surface area contributed by atoms with Gasteiger partial charge in [0.05, 0.1) is 23.0 Å². The standard InChI is InChI=1S/C19H17ClN4O3/c20-10-5-6-16(25)12(7-10)18-22-14-4-2-1-3-11(14)17(24-18)23-15-9-21-8-13(15)19(26)27/h1-7,13,15,21,25H,8-9H2,(H,26,27)(H,22,23,24). The number of fused-ring (bicyclic) bond motifs is 1. The van der Waals surface area contributed by atoms with Crippen molar-refractivity contribution in [3.63, 3.8) is 0 Å². The summed E-state index contributed by atoms with van der Waals surface area (Å²) < 4.78 is 0. The monoisotopic (exact) mass is 384 g/mol. The van der Waals surface area contributed by atoms with Gasteiger partial charge in [-0.05, 0) is 30.3 Å². The highest BCUT2D eigenvalue weighted by atomic mass is 35.5. The molecule has 2 aromatic carbocycles. The number of phenols is 1.